The van der Waals surface area contributed by atoms with E-state index in [1.165, 1.54) is 5.56 Å². The molecule has 78 valence electrons. The van der Waals surface area contributed by atoms with Crippen molar-refractivity contribution in [2.75, 3.05) is 0 Å². The predicted octanol–water partition coefficient (Wildman–Crippen LogP) is 3.40. The van der Waals surface area contributed by atoms with Crippen molar-refractivity contribution in [2.45, 2.75) is 19.8 Å². The van der Waals surface area contributed by atoms with E-state index in [9.17, 15) is 4.79 Å². The molecule has 0 radical (unpaired) electrons. The number of carboxylic acids is 1. The number of thiophene rings is 1. The highest BCUT2D eigenvalue weighted by Gasteiger charge is 2.17. The van der Waals surface area contributed by atoms with Crippen LogP contribution in [0.4, 0.5) is 0 Å². The summed E-state index contributed by atoms with van der Waals surface area (Å²) in [5, 5.41) is 12.2. The van der Waals surface area contributed by atoms with Crippen LogP contribution in [-0.4, -0.2) is 11.1 Å². The molecule has 0 saturated heterocycles. The lowest BCUT2D eigenvalue weighted by Crippen LogP contribution is -2.07. The summed E-state index contributed by atoms with van der Waals surface area (Å²) in [6.45, 7) is 3.76. The lowest BCUT2D eigenvalue weighted by atomic mass is 9.96. The zero-order valence-electron chi connectivity index (χ0n) is 8.65. The fourth-order valence-corrected chi connectivity index (χ4v) is 2.75. The molecular weight excluding hydrogens is 208 g/mol. The molecule has 2 aromatic rings. The van der Waals surface area contributed by atoms with Crippen LogP contribution >= 0.6 is 11.3 Å². The molecular formula is C12H12O2S. The third-order valence-corrected chi connectivity index (χ3v) is 3.72. The molecule has 0 amide bonds. The number of hydrogen-bond donors (Lipinski definition) is 1. The Balaban J connectivity index is 2.69. The van der Waals surface area contributed by atoms with Gasteiger partial charge in [-0.2, -0.15) is 0 Å². The van der Waals surface area contributed by atoms with Gasteiger partial charge in [0.25, 0.3) is 0 Å². The van der Waals surface area contributed by atoms with Gasteiger partial charge in [0.1, 0.15) is 0 Å². The molecule has 3 heteroatoms. The van der Waals surface area contributed by atoms with Crippen LogP contribution in [0.2, 0.25) is 0 Å². The Morgan fingerprint density at radius 1 is 1.47 bits per heavy atom. The van der Waals surface area contributed by atoms with Gasteiger partial charge < -0.3 is 5.11 Å². The third kappa shape index (κ3) is 1.63. The number of carbonyl (C=O) groups is 1. The minimum atomic E-state index is -0.770. The van der Waals surface area contributed by atoms with Crippen LogP contribution in [0.15, 0.2) is 23.6 Å². The first-order valence-corrected chi connectivity index (χ1v) is 5.68. The highest BCUT2D eigenvalue weighted by atomic mass is 32.1. The Morgan fingerprint density at radius 3 is 2.87 bits per heavy atom. The van der Waals surface area contributed by atoms with E-state index in [0.29, 0.717) is 0 Å². The monoisotopic (exact) mass is 220 g/mol. The van der Waals surface area contributed by atoms with Gasteiger partial charge in [-0.05, 0) is 41.8 Å². The molecule has 0 fully saturated rings. The summed E-state index contributed by atoms with van der Waals surface area (Å²) in [4.78, 5) is 11.0. The van der Waals surface area contributed by atoms with Crippen molar-refractivity contribution >= 4 is 27.4 Å². The number of benzene rings is 1. The standard InChI is InChI=1S/C12H12O2S/c1-7-6-15-10-5-3-4-9(11(7)10)8(2)12(13)14/h3-6,8H,1-2H3,(H,13,14). The van der Waals surface area contributed by atoms with Gasteiger partial charge in [0, 0.05) is 4.70 Å². The summed E-state index contributed by atoms with van der Waals surface area (Å²) < 4.78 is 1.16. The van der Waals surface area contributed by atoms with E-state index in [2.05, 4.69) is 5.38 Å². The Morgan fingerprint density at radius 2 is 2.20 bits per heavy atom. The molecule has 1 aromatic carbocycles. The molecule has 1 N–H and O–H groups in total. The van der Waals surface area contributed by atoms with E-state index in [1.54, 1.807) is 18.3 Å². The van der Waals surface area contributed by atoms with Crippen molar-refractivity contribution in [1.29, 1.82) is 0 Å². The maximum absolute atomic E-state index is 11.0. The van der Waals surface area contributed by atoms with Crippen LogP contribution in [0.3, 0.4) is 0 Å². The number of fused-ring (bicyclic) bond motifs is 1. The molecule has 1 heterocycles. The van der Waals surface area contributed by atoms with Gasteiger partial charge in [-0.25, -0.2) is 0 Å². The molecule has 2 nitrogen and oxygen atoms in total. The predicted molar refractivity (Wildman–Crippen MR) is 62.6 cm³/mol. The van der Waals surface area contributed by atoms with Crippen molar-refractivity contribution in [3.05, 3.63) is 34.7 Å². The number of aryl methyl sites for hydroxylation is 1. The molecule has 1 aromatic heterocycles. The van der Waals surface area contributed by atoms with Crippen LogP contribution in [-0.2, 0) is 4.79 Å². The highest BCUT2D eigenvalue weighted by molar-refractivity contribution is 7.17. The van der Waals surface area contributed by atoms with Gasteiger partial charge in [-0.15, -0.1) is 11.3 Å². The van der Waals surface area contributed by atoms with E-state index in [-0.39, 0.29) is 0 Å². The SMILES string of the molecule is Cc1csc2cccc(C(C)C(=O)O)c12. The minimum absolute atomic E-state index is 0.443. The second kappa shape index (κ2) is 3.66. The first kappa shape index (κ1) is 10.2. The van der Waals surface area contributed by atoms with Gasteiger partial charge in [0.2, 0.25) is 0 Å². The van der Waals surface area contributed by atoms with Crippen LogP contribution in [0.1, 0.15) is 24.0 Å². The number of rotatable bonds is 2. The van der Waals surface area contributed by atoms with E-state index in [1.807, 2.05) is 25.1 Å². The van der Waals surface area contributed by atoms with Crippen molar-refractivity contribution in [3.8, 4) is 0 Å². The van der Waals surface area contributed by atoms with Crippen molar-refractivity contribution in [3.63, 3.8) is 0 Å². The molecule has 2 rings (SSSR count). The fourth-order valence-electron chi connectivity index (χ4n) is 1.77. The summed E-state index contributed by atoms with van der Waals surface area (Å²) in [7, 11) is 0. The normalized spacial score (nSPS) is 12.9. The van der Waals surface area contributed by atoms with Crippen LogP contribution in [0.5, 0.6) is 0 Å². The zero-order valence-corrected chi connectivity index (χ0v) is 9.47. The minimum Gasteiger partial charge on any atom is -0.481 e. The Kier molecular flexibility index (Phi) is 2.49. The van der Waals surface area contributed by atoms with Gasteiger partial charge in [-0.3, -0.25) is 4.79 Å². The summed E-state index contributed by atoms with van der Waals surface area (Å²) in [5.41, 5.74) is 2.08. The molecule has 0 aliphatic rings. The average molecular weight is 220 g/mol. The van der Waals surface area contributed by atoms with Crippen molar-refractivity contribution in [2.24, 2.45) is 0 Å². The molecule has 0 aliphatic heterocycles. The molecule has 1 unspecified atom stereocenters. The van der Waals surface area contributed by atoms with Crippen LogP contribution in [0, 0.1) is 6.92 Å². The lowest BCUT2D eigenvalue weighted by molar-refractivity contribution is -0.138. The van der Waals surface area contributed by atoms with E-state index >= 15 is 0 Å². The van der Waals surface area contributed by atoms with E-state index < -0.39 is 11.9 Å². The molecule has 0 aliphatic carbocycles. The van der Waals surface area contributed by atoms with Crippen LogP contribution < -0.4 is 0 Å². The smallest absolute Gasteiger partial charge is 0.310 e. The lowest BCUT2D eigenvalue weighted by Gasteiger charge is -2.08. The van der Waals surface area contributed by atoms with Gasteiger partial charge in [0.05, 0.1) is 5.92 Å². The Bertz CT molecular complexity index is 513. The summed E-state index contributed by atoms with van der Waals surface area (Å²) in [6.07, 6.45) is 0. The Labute approximate surface area is 92.2 Å². The zero-order chi connectivity index (χ0) is 11.0. The van der Waals surface area contributed by atoms with Crippen molar-refractivity contribution < 1.29 is 9.90 Å². The number of carboxylic acid groups (broad SMARTS) is 1. The number of hydrogen-bond acceptors (Lipinski definition) is 2. The summed E-state index contributed by atoms with van der Waals surface area (Å²) in [5.74, 6) is -1.21. The van der Waals surface area contributed by atoms with Gasteiger partial charge in [0.15, 0.2) is 0 Å². The van der Waals surface area contributed by atoms with Gasteiger partial charge >= 0.3 is 5.97 Å². The quantitative estimate of drug-likeness (QED) is 0.842. The van der Waals surface area contributed by atoms with Crippen LogP contribution in [0.25, 0.3) is 10.1 Å². The van der Waals surface area contributed by atoms with E-state index in [4.69, 9.17) is 5.11 Å². The maximum Gasteiger partial charge on any atom is 0.310 e. The largest absolute Gasteiger partial charge is 0.481 e. The highest BCUT2D eigenvalue weighted by Crippen LogP contribution is 2.32. The molecule has 0 spiro atoms. The molecule has 15 heavy (non-hydrogen) atoms. The fraction of sp³-hybridized carbons (Fsp3) is 0.250. The first-order valence-electron chi connectivity index (χ1n) is 4.80. The van der Waals surface area contributed by atoms with Gasteiger partial charge in [-0.1, -0.05) is 12.1 Å². The maximum atomic E-state index is 11.0. The van der Waals surface area contributed by atoms with Crippen molar-refractivity contribution in [1.82, 2.24) is 0 Å². The molecule has 0 bridgehead atoms. The first-order chi connectivity index (χ1) is 7.11. The summed E-state index contributed by atoms with van der Waals surface area (Å²) >= 11 is 1.66. The van der Waals surface area contributed by atoms with E-state index in [0.717, 1.165) is 15.6 Å². The average Bonchev–Trinajstić information content (AvgIpc) is 2.59. The molecule has 0 saturated carbocycles. The molecule has 1 atom stereocenters. The summed E-state index contributed by atoms with van der Waals surface area (Å²) in [6, 6.07) is 5.86. The third-order valence-electron chi connectivity index (χ3n) is 2.65. The second-order valence-corrected chi connectivity index (χ2v) is 4.61. The topological polar surface area (TPSA) is 37.3 Å². The second-order valence-electron chi connectivity index (χ2n) is 3.70. The number of aliphatic carboxylic acids is 1. The Hall–Kier alpha value is -1.35.